The Morgan fingerprint density at radius 1 is 0.652 bits per heavy atom. The van der Waals surface area contributed by atoms with Crippen molar-refractivity contribution < 1.29 is 137 Å². The van der Waals surface area contributed by atoms with E-state index in [4.69, 9.17) is 52.1 Å². The standard InChI is InChI=1S/C61H92O28/c1-11-25(2)51(78)89-49-48(75)61(24-81-26(3)64)29(18-56(49,5)6)28-12-13-34-57(7)16-15-35(58(8,23-63)33(57)14-17-59(34,9)60(28,10)19-36(61)82-27(4)65)84-55-47(88-53-42(73)40(71)39(70)32(20-62)83-53)44(43(74)45(86-55)50(76)77)85-54-46(38(69)31(67)22-80-54)87-52-41(72)37(68)30(66)21-79-52/h11-12,23,29-49,52-55,62,66-75H,13-22,24H2,1-10H3,(H,76,77)/b25-11+/t29-,30?,31-,32+,33+,34+,35-,36+,37?,38-,39-,40-,41?,42+,43-,44-,45-,46+,47+,48-,49-,52?,53-,54-,55+,57-,58-,59+,60+,61-/m0/s1. The maximum atomic E-state index is 14.3. The lowest BCUT2D eigenvalue weighted by Crippen LogP contribution is -2.72. The second-order valence-corrected chi connectivity index (χ2v) is 27.9. The molecule has 4 saturated carbocycles. The first kappa shape index (κ1) is 69.6. The van der Waals surface area contributed by atoms with Gasteiger partial charge in [0.15, 0.2) is 31.3 Å². The zero-order valence-corrected chi connectivity index (χ0v) is 51.8. The molecule has 0 spiro atoms. The molecule has 4 saturated heterocycles. The lowest BCUT2D eigenvalue weighted by atomic mass is 9.33. The van der Waals surface area contributed by atoms with Crippen molar-refractivity contribution in [2.45, 2.75) is 249 Å². The second-order valence-electron chi connectivity index (χ2n) is 27.9. The average Bonchev–Trinajstić information content (AvgIpc) is 0.693. The molecule has 0 bridgehead atoms. The van der Waals surface area contributed by atoms with E-state index in [0.717, 1.165) is 11.9 Å². The number of aliphatic hydroxyl groups excluding tert-OH is 11. The third-order valence-corrected chi connectivity index (χ3v) is 22.5. The van der Waals surface area contributed by atoms with E-state index in [-0.39, 0.29) is 25.4 Å². The third-order valence-electron chi connectivity index (χ3n) is 22.5. The van der Waals surface area contributed by atoms with Crippen molar-refractivity contribution in [1.29, 1.82) is 0 Å². The van der Waals surface area contributed by atoms with Crippen molar-refractivity contribution in [3.05, 3.63) is 23.3 Å². The van der Waals surface area contributed by atoms with Crippen LogP contribution in [0.15, 0.2) is 23.3 Å². The number of aldehydes is 1. The number of ether oxygens (including phenoxy) is 11. The molecule has 28 heteroatoms. The van der Waals surface area contributed by atoms with E-state index in [1.54, 1.807) is 26.8 Å². The largest absolute Gasteiger partial charge is 0.479 e. The topological polar surface area (TPSA) is 430 Å². The van der Waals surface area contributed by atoms with Crippen LogP contribution in [-0.4, -0.2) is 253 Å². The number of carboxylic acids is 1. The van der Waals surface area contributed by atoms with Gasteiger partial charge >= 0.3 is 23.9 Å². The molecule has 28 nitrogen and oxygen atoms in total. The minimum Gasteiger partial charge on any atom is -0.479 e. The summed E-state index contributed by atoms with van der Waals surface area (Å²) in [5.41, 5.74) is -4.65. The van der Waals surface area contributed by atoms with Gasteiger partial charge in [-0.05, 0) is 92.8 Å². The van der Waals surface area contributed by atoms with Gasteiger partial charge < -0.3 is 118 Å². The Balaban J connectivity index is 1.07. The number of hydrogen-bond donors (Lipinski definition) is 12. The smallest absolute Gasteiger partial charge is 0.335 e. The van der Waals surface area contributed by atoms with Crippen LogP contribution in [0.2, 0.25) is 0 Å². The molecule has 30 atom stereocenters. The van der Waals surface area contributed by atoms with Crippen LogP contribution in [0.3, 0.4) is 0 Å². The summed E-state index contributed by atoms with van der Waals surface area (Å²) in [6.07, 6.45) is -32.9. The highest BCUT2D eigenvalue weighted by Crippen LogP contribution is 2.76. The van der Waals surface area contributed by atoms with Crippen LogP contribution in [0.4, 0.5) is 0 Å². The Bertz CT molecular complexity index is 2670. The van der Waals surface area contributed by atoms with Gasteiger partial charge in [-0.15, -0.1) is 0 Å². The zero-order valence-electron chi connectivity index (χ0n) is 51.8. The van der Waals surface area contributed by atoms with Crippen LogP contribution in [0, 0.1) is 50.2 Å². The highest BCUT2D eigenvalue weighted by molar-refractivity contribution is 5.87. The van der Waals surface area contributed by atoms with Gasteiger partial charge in [0, 0.05) is 24.8 Å². The monoisotopic (exact) mass is 1270 g/mol. The molecule has 4 unspecified atom stereocenters. The number of carboxylic acid groups (broad SMARTS) is 1. The minimum absolute atomic E-state index is 0.0912. The molecule has 9 aliphatic rings. The molecular weight excluding hydrogens is 1180 g/mol. The van der Waals surface area contributed by atoms with Crippen molar-refractivity contribution in [2.24, 2.45) is 50.2 Å². The Morgan fingerprint density at radius 2 is 1.28 bits per heavy atom. The van der Waals surface area contributed by atoms with Crippen molar-refractivity contribution in [1.82, 2.24) is 0 Å². The van der Waals surface area contributed by atoms with Crippen LogP contribution < -0.4 is 0 Å². The molecule has 12 N–H and O–H groups in total. The lowest BCUT2D eigenvalue weighted by molar-refractivity contribution is -0.398. The van der Waals surface area contributed by atoms with Gasteiger partial charge in [-0.3, -0.25) is 9.59 Å². The van der Waals surface area contributed by atoms with Gasteiger partial charge in [0.1, 0.15) is 111 Å². The number of rotatable bonds is 16. The van der Waals surface area contributed by atoms with Gasteiger partial charge in [0.05, 0.1) is 36.8 Å². The molecule has 4 heterocycles. The van der Waals surface area contributed by atoms with Crippen LogP contribution in [0.25, 0.3) is 0 Å². The lowest BCUT2D eigenvalue weighted by Gasteiger charge is -2.72. The van der Waals surface area contributed by atoms with E-state index in [0.29, 0.717) is 37.7 Å². The van der Waals surface area contributed by atoms with E-state index in [1.807, 2.05) is 13.8 Å². The zero-order chi connectivity index (χ0) is 65.6. The minimum atomic E-state index is -2.29. The molecule has 504 valence electrons. The number of fused-ring (bicyclic) bond motifs is 7. The fourth-order valence-electron chi connectivity index (χ4n) is 17.2. The first-order chi connectivity index (χ1) is 41.6. The van der Waals surface area contributed by atoms with E-state index in [9.17, 15) is 85.3 Å². The quantitative estimate of drug-likeness (QED) is 0.0210. The van der Waals surface area contributed by atoms with Gasteiger partial charge in [0.2, 0.25) is 0 Å². The normalized spacial score (nSPS) is 49.7. The molecule has 0 aromatic rings. The molecule has 8 fully saturated rings. The summed E-state index contributed by atoms with van der Waals surface area (Å²) >= 11 is 0. The molecule has 0 radical (unpaired) electrons. The summed E-state index contributed by atoms with van der Waals surface area (Å²) in [5.74, 6) is -4.97. The van der Waals surface area contributed by atoms with Crippen LogP contribution in [-0.2, 0) is 76.1 Å². The fourth-order valence-corrected chi connectivity index (χ4v) is 17.2. The van der Waals surface area contributed by atoms with Crippen LogP contribution >= 0.6 is 0 Å². The van der Waals surface area contributed by atoms with Crippen molar-refractivity contribution >= 4 is 30.2 Å². The van der Waals surface area contributed by atoms with Gasteiger partial charge in [-0.25, -0.2) is 9.59 Å². The number of carbonyl (C=O) groups excluding carboxylic acids is 4. The molecule has 4 aliphatic heterocycles. The number of allylic oxidation sites excluding steroid dienone is 3. The molecule has 0 amide bonds. The predicted octanol–water partition coefficient (Wildman–Crippen LogP) is -1.44. The number of carbonyl (C=O) groups is 5. The summed E-state index contributed by atoms with van der Waals surface area (Å²) < 4.78 is 66.6. The van der Waals surface area contributed by atoms with Crippen LogP contribution in [0.5, 0.6) is 0 Å². The highest BCUT2D eigenvalue weighted by atomic mass is 16.8. The maximum absolute atomic E-state index is 14.3. The van der Waals surface area contributed by atoms with Gasteiger partial charge in [-0.2, -0.15) is 0 Å². The Morgan fingerprint density at radius 3 is 1.90 bits per heavy atom. The number of aliphatic carboxylic acids is 1. The molecule has 0 aromatic heterocycles. The van der Waals surface area contributed by atoms with Crippen molar-refractivity contribution in [2.75, 3.05) is 26.4 Å². The summed E-state index contributed by atoms with van der Waals surface area (Å²) in [6.45, 7) is 15.3. The molecule has 0 aromatic carbocycles. The number of hydrogen-bond acceptors (Lipinski definition) is 27. The van der Waals surface area contributed by atoms with E-state index < -0.39 is 223 Å². The molecule has 9 rings (SSSR count). The summed E-state index contributed by atoms with van der Waals surface area (Å²) in [5, 5.41) is 132. The molecular formula is C61H92O28. The van der Waals surface area contributed by atoms with Crippen LogP contribution in [0.1, 0.15) is 114 Å². The van der Waals surface area contributed by atoms with Gasteiger partial charge in [0.25, 0.3) is 0 Å². The first-order valence-corrected chi connectivity index (χ1v) is 30.7. The van der Waals surface area contributed by atoms with E-state index >= 15 is 0 Å². The highest BCUT2D eigenvalue weighted by Gasteiger charge is 2.75. The van der Waals surface area contributed by atoms with Crippen molar-refractivity contribution in [3.63, 3.8) is 0 Å². The third kappa shape index (κ3) is 11.9. The molecule has 5 aliphatic carbocycles. The summed E-state index contributed by atoms with van der Waals surface area (Å²) in [6, 6.07) is 0. The van der Waals surface area contributed by atoms with E-state index in [2.05, 4.69) is 26.8 Å². The Labute approximate surface area is 515 Å². The second kappa shape index (κ2) is 25.9. The van der Waals surface area contributed by atoms with E-state index in [1.165, 1.54) is 13.8 Å². The average molecular weight is 1270 g/mol. The maximum Gasteiger partial charge on any atom is 0.335 e. The first-order valence-electron chi connectivity index (χ1n) is 30.7. The fraction of sp³-hybridized carbons (Fsp3) is 0.852. The number of esters is 3. The molecule has 89 heavy (non-hydrogen) atoms. The summed E-state index contributed by atoms with van der Waals surface area (Å²) in [4.78, 5) is 67.1. The predicted molar refractivity (Wildman–Crippen MR) is 298 cm³/mol. The van der Waals surface area contributed by atoms with Crippen molar-refractivity contribution in [3.8, 4) is 0 Å². The number of aliphatic hydroxyl groups is 11. The van der Waals surface area contributed by atoms with Gasteiger partial charge in [-0.1, -0.05) is 59.3 Å². The SMILES string of the molecule is C/C=C(\C)C(=O)O[C@H]1[C@H](O)[C@]2(COC(C)=O)[C@H](OC(C)=O)C[C@]3(C)C(=CC[C@@H]4[C@@]5(C)CC[C@H](O[C@@H]6O[C@H](C(=O)O)[C@@H](O)[C@H](O[C@@H]7OC[C@H](O)[C@H](O)[C@H]7OC7OCC(O)C(O)C7O)[C@H]6O[C@@H]6O[C@H](CO)[C@H](O)[C@H](O)[C@H]6O)[C@@](C)(C=O)[C@@H]5CC[C@]43C)[C@@H]2CC1(C)C. The Kier molecular flexibility index (Phi) is 20.2. The summed E-state index contributed by atoms with van der Waals surface area (Å²) in [7, 11) is 0. The Hall–Kier alpha value is -3.73.